The Morgan fingerprint density at radius 1 is 0.981 bits per heavy atom. The molecule has 0 bridgehead atoms. The molecule has 0 N–H and O–H groups in total. The van der Waals surface area contributed by atoms with Gasteiger partial charge >= 0.3 is 24.4 Å². The molecule has 2 aliphatic heterocycles. The van der Waals surface area contributed by atoms with Gasteiger partial charge in [-0.1, -0.05) is 6.92 Å². The molecule has 284 valence electrons. The van der Waals surface area contributed by atoms with Crippen molar-refractivity contribution in [1.29, 1.82) is 5.26 Å². The third-order valence-electron chi connectivity index (χ3n) is 8.67. The van der Waals surface area contributed by atoms with Gasteiger partial charge in [0.25, 0.3) is 0 Å². The van der Waals surface area contributed by atoms with Crippen molar-refractivity contribution in [1.82, 2.24) is 9.97 Å². The highest BCUT2D eigenvalue weighted by Gasteiger charge is 2.42. The highest BCUT2D eigenvalue weighted by atomic mass is 19.4. The third-order valence-corrected chi connectivity index (χ3v) is 8.67. The Morgan fingerprint density at radius 3 is 2.23 bits per heavy atom. The van der Waals surface area contributed by atoms with Gasteiger partial charge < -0.3 is 24.0 Å². The molecular weight excluding hydrogens is 710 g/mol. The molecule has 3 heterocycles. The van der Waals surface area contributed by atoms with Gasteiger partial charge in [0.1, 0.15) is 5.60 Å². The SMILES string of the molecule is CC[C@@H]1C[C@H](N(Cc2cc(C#N)cc(C(F)(F)F)c2)c2ncc(N3CCOCC3)cn2)c2cc(C(F)(F)F)ccc2N1C(=O)OCC(=O)OC(C)(C)C. The zero-order valence-electron chi connectivity index (χ0n) is 29.4. The van der Waals surface area contributed by atoms with Crippen molar-refractivity contribution in [3.8, 4) is 6.07 Å². The molecule has 0 saturated carbocycles. The van der Waals surface area contributed by atoms with Crippen molar-refractivity contribution >= 4 is 29.4 Å². The molecule has 2 atom stereocenters. The first-order chi connectivity index (χ1) is 24.9. The number of nitriles is 1. The van der Waals surface area contributed by atoms with Gasteiger partial charge in [-0.3, -0.25) is 4.90 Å². The van der Waals surface area contributed by atoms with E-state index in [1.807, 2.05) is 4.90 Å². The lowest BCUT2D eigenvalue weighted by Gasteiger charge is -2.44. The Labute approximate surface area is 302 Å². The second-order valence-electron chi connectivity index (χ2n) is 13.6. The van der Waals surface area contributed by atoms with E-state index >= 15 is 0 Å². The number of ether oxygens (including phenoxy) is 3. The Kier molecular flexibility index (Phi) is 11.4. The fourth-order valence-electron chi connectivity index (χ4n) is 6.33. The molecular formula is C36H38F6N6O5. The Balaban J connectivity index is 1.62. The average molecular weight is 749 g/mol. The number of fused-ring (bicyclic) bond motifs is 1. The third kappa shape index (κ3) is 9.47. The van der Waals surface area contributed by atoms with Crippen LogP contribution in [0.15, 0.2) is 48.8 Å². The Hall–Kier alpha value is -5.11. The molecule has 1 amide bonds. The van der Waals surface area contributed by atoms with Gasteiger partial charge in [-0.25, -0.2) is 19.6 Å². The lowest BCUT2D eigenvalue weighted by Crippen LogP contribution is -2.48. The topological polar surface area (TPSA) is 121 Å². The zero-order chi connectivity index (χ0) is 38.7. The first-order valence-corrected chi connectivity index (χ1v) is 16.8. The van der Waals surface area contributed by atoms with Gasteiger partial charge in [-0.2, -0.15) is 31.6 Å². The molecule has 1 saturated heterocycles. The van der Waals surface area contributed by atoms with Crippen LogP contribution in [0.1, 0.15) is 74.4 Å². The number of carbonyl (C=O) groups excluding carboxylic acids is 2. The van der Waals surface area contributed by atoms with E-state index in [4.69, 9.17) is 14.2 Å². The number of nitrogens with zero attached hydrogens (tertiary/aromatic N) is 6. The molecule has 0 unspecified atom stereocenters. The van der Waals surface area contributed by atoms with Crippen LogP contribution in [-0.2, 0) is 37.9 Å². The summed E-state index contributed by atoms with van der Waals surface area (Å²) in [5.74, 6) is -0.842. The number of anilines is 3. The first kappa shape index (κ1) is 39.1. The largest absolute Gasteiger partial charge is 0.457 e. The number of hydrogen-bond acceptors (Lipinski definition) is 10. The van der Waals surface area contributed by atoms with Crippen LogP contribution in [0.2, 0.25) is 0 Å². The van der Waals surface area contributed by atoms with Crippen LogP contribution in [0.25, 0.3) is 0 Å². The molecule has 53 heavy (non-hydrogen) atoms. The number of carbonyl (C=O) groups is 2. The summed E-state index contributed by atoms with van der Waals surface area (Å²) in [7, 11) is 0. The highest BCUT2D eigenvalue weighted by molar-refractivity contribution is 5.91. The normalized spacial score (nSPS) is 17.8. The summed E-state index contributed by atoms with van der Waals surface area (Å²) in [6.45, 7) is 7.59. The predicted octanol–water partition coefficient (Wildman–Crippen LogP) is 7.44. The summed E-state index contributed by atoms with van der Waals surface area (Å²) in [6.07, 6.45) is -7.34. The second-order valence-corrected chi connectivity index (χ2v) is 13.6. The van der Waals surface area contributed by atoms with E-state index in [1.165, 1.54) is 28.3 Å². The summed E-state index contributed by atoms with van der Waals surface area (Å²) in [4.78, 5) is 39.7. The van der Waals surface area contributed by atoms with Gasteiger partial charge in [0.15, 0.2) is 6.61 Å². The minimum absolute atomic E-state index is 0.00733. The monoisotopic (exact) mass is 748 g/mol. The summed E-state index contributed by atoms with van der Waals surface area (Å²) in [6, 6.07) is 5.64. The predicted molar refractivity (Wildman–Crippen MR) is 180 cm³/mol. The smallest absolute Gasteiger partial charge is 0.416 e. The van der Waals surface area contributed by atoms with Gasteiger partial charge in [-0.15, -0.1) is 0 Å². The van der Waals surface area contributed by atoms with Crippen LogP contribution in [-0.4, -0.2) is 66.6 Å². The molecule has 17 heteroatoms. The van der Waals surface area contributed by atoms with Gasteiger partial charge in [0.2, 0.25) is 5.95 Å². The fraction of sp³-hybridized carbons (Fsp3) is 0.472. The van der Waals surface area contributed by atoms with Crippen LogP contribution in [0.4, 0.5) is 48.5 Å². The minimum Gasteiger partial charge on any atom is -0.457 e. The summed E-state index contributed by atoms with van der Waals surface area (Å²) in [5.41, 5.74) is -2.56. The summed E-state index contributed by atoms with van der Waals surface area (Å²) < 4.78 is 100. The van der Waals surface area contributed by atoms with Crippen molar-refractivity contribution in [3.63, 3.8) is 0 Å². The van der Waals surface area contributed by atoms with E-state index in [-0.39, 0.29) is 47.7 Å². The molecule has 1 aromatic heterocycles. The average Bonchev–Trinajstić information content (AvgIpc) is 3.10. The number of hydrogen-bond donors (Lipinski definition) is 0. The Bertz CT molecular complexity index is 1830. The minimum atomic E-state index is -4.80. The maximum absolute atomic E-state index is 14.2. The molecule has 2 aliphatic rings. The number of morpholine rings is 1. The molecule has 1 fully saturated rings. The molecule has 5 rings (SSSR count). The fourth-order valence-corrected chi connectivity index (χ4v) is 6.33. The van der Waals surface area contributed by atoms with Gasteiger partial charge in [0, 0.05) is 25.7 Å². The maximum Gasteiger partial charge on any atom is 0.416 e. The zero-order valence-corrected chi connectivity index (χ0v) is 29.4. The van der Waals surface area contributed by atoms with E-state index < -0.39 is 59.8 Å². The standard InChI is InChI=1S/C36H38F6N6O5/c1-5-26-16-30(28-15-24(35(37,38)39)6-7-29(28)48(26)33(50)52-21-31(49)53-34(2,3)4)47(20-23-12-22(17-43)13-25(14-23)36(40,41)42)32-44-18-27(19-45-32)46-8-10-51-11-9-46/h6-7,12-15,18-19,26,30H,5,8-11,16,20-21H2,1-4H3/t26-,30+/m1/s1. The van der Waals surface area contributed by atoms with Gasteiger partial charge in [-0.05, 0) is 81.1 Å². The van der Waals surface area contributed by atoms with E-state index in [2.05, 4.69) is 9.97 Å². The van der Waals surface area contributed by atoms with Crippen molar-refractivity contribution in [2.24, 2.45) is 0 Å². The van der Waals surface area contributed by atoms with Crippen molar-refractivity contribution in [3.05, 3.63) is 76.6 Å². The van der Waals surface area contributed by atoms with Crippen LogP contribution in [0.3, 0.4) is 0 Å². The number of esters is 1. The number of rotatable bonds is 8. The number of aromatic nitrogens is 2. The number of alkyl halides is 6. The van der Waals surface area contributed by atoms with E-state index in [0.29, 0.717) is 38.1 Å². The molecule has 0 aliphatic carbocycles. The molecule has 0 radical (unpaired) electrons. The van der Waals surface area contributed by atoms with Crippen molar-refractivity contribution < 1.29 is 50.1 Å². The van der Waals surface area contributed by atoms with Crippen LogP contribution < -0.4 is 14.7 Å². The number of benzene rings is 2. The number of amides is 1. The summed E-state index contributed by atoms with van der Waals surface area (Å²) in [5, 5.41) is 9.57. The van der Waals surface area contributed by atoms with E-state index in [0.717, 1.165) is 24.3 Å². The quantitative estimate of drug-likeness (QED) is 0.170. The Morgan fingerprint density at radius 2 is 1.64 bits per heavy atom. The molecule has 3 aromatic rings. The van der Waals surface area contributed by atoms with Crippen molar-refractivity contribution in [2.45, 2.75) is 77.1 Å². The lowest BCUT2D eigenvalue weighted by molar-refractivity contribution is -0.158. The van der Waals surface area contributed by atoms with Crippen LogP contribution in [0.5, 0.6) is 0 Å². The van der Waals surface area contributed by atoms with Crippen LogP contribution in [0, 0.1) is 11.3 Å². The first-order valence-electron chi connectivity index (χ1n) is 16.8. The lowest BCUT2D eigenvalue weighted by atomic mass is 9.87. The maximum atomic E-state index is 14.2. The van der Waals surface area contributed by atoms with Crippen LogP contribution >= 0.6 is 0 Å². The summed E-state index contributed by atoms with van der Waals surface area (Å²) >= 11 is 0. The molecule has 0 spiro atoms. The molecule has 11 nitrogen and oxygen atoms in total. The number of halogens is 6. The van der Waals surface area contributed by atoms with Crippen molar-refractivity contribution in [2.75, 3.05) is 47.6 Å². The molecule has 2 aromatic carbocycles. The van der Waals surface area contributed by atoms with E-state index in [9.17, 15) is 41.2 Å². The second kappa shape index (κ2) is 15.5. The highest BCUT2D eigenvalue weighted by Crippen LogP contribution is 2.46. The van der Waals surface area contributed by atoms with Gasteiger partial charge in [0.05, 0.1) is 65.8 Å². The van der Waals surface area contributed by atoms with E-state index in [1.54, 1.807) is 33.8 Å².